The molecule has 11 heteroatoms. The summed E-state index contributed by atoms with van der Waals surface area (Å²) in [7, 11) is 0. The number of carbonyl (C=O) groups is 1. The lowest BCUT2D eigenvalue weighted by atomic mass is 9.55. The Morgan fingerprint density at radius 1 is 0.890 bits per heavy atom. The molecule has 1 saturated heterocycles. The van der Waals surface area contributed by atoms with E-state index < -0.39 is 24.0 Å². The molecule has 2 aliphatic heterocycles. The van der Waals surface area contributed by atoms with Gasteiger partial charge in [-0.3, -0.25) is 9.78 Å². The Hall–Kier alpha value is -5.07. The maximum atomic E-state index is 15.6. The summed E-state index contributed by atoms with van der Waals surface area (Å²) in [5.74, 6) is -0.364. The van der Waals surface area contributed by atoms with E-state index in [1.807, 2.05) is 37.3 Å². The first-order valence-electron chi connectivity index (χ1n) is 28.0. The third kappa shape index (κ3) is 13.6. The van der Waals surface area contributed by atoms with E-state index in [1.54, 1.807) is 6.08 Å². The van der Waals surface area contributed by atoms with Crippen LogP contribution in [0, 0.1) is 24.7 Å². The zero-order valence-corrected chi connectivity index (χ0v) is 43.9. The van der Waals surface area contributed by atoms with Crippen LogP contribution >= 0.6 is 0 Å². The Labute approximate surface area is 435 Å². The van der Waals surface area contributed by atoms with Crippen molar-refractivity contribution in [1.29, 1.82) is 0 Å². The molecule has 73 heavy (non-hydrogen) atoms. The van der Waals surface area contributed by atoms with Gasteiger partial charge in [-0.05, 0) is 116 Å². The standard InChI is InChI=1S/C62H83N3O8/c1-4-6-7-8-9-10-11-12-13-32-58(68)65(43-48-28-23-27-46-25-14-15-30-51(46)48)57-42-55(64-73-59-33-18-21-39-69-59)53-40-47(26-16-19-36-66)52(31-17-20-37-67)60-54-41-50(70-44-49-29-22-24-45(3)63-49)34-35-56(54)72-62(57,61(53)60)71-38-5-2/h5,14-15,22-25,27-30,34-35,40-41,47,52,57,59-61,66-67H,2,4,6-13,16-21,26,31-33,36-39,42-44H2,1,3H3. The quantitative estimate of drug-likeness (QED) is 0.0310. The minimum absolute atomic E-state index is 0.0578. The van der Waals surface area contributed by atoms with Crippen LogP contribution in [-0.2, 0) is 32.3 Å². The number of rotatable bonds is 29. The Morgan fingerprint density at radius 2 is 1.66 bits per heavy atom. The monoisotopic (exact) mass is 998 g/mol. The van der Waals surface area contributed by atoms with Crippen molar-refractivity contribution in [3.05, 3.63) is 126 Å². The lowest BCUT2D eigenvalue weighted by molar-refractivity contribution is -0.258. The van der Waals surface area contributed by atoms with Crippen molar-refractivity contribution in [2.24, 2.45) is 22.9 Å². The average Bonchev–Trinajstić information content (AvgIpc) is 3.41. The molecule has 2 fully saturated rings. The first-order chi connectivity index (χ1) is 35.9. The minimum atomic E-state index is -1.38. The van der Waals surface area contributed by atoms with Gasteiger partial charge in [-0.25, -0.2) is 0 Å². The van der Waals surface area contributed by atoms with E-state index in [1.165, 1.54) is 38.5 Å². The van der Waals surface area contributed by atoms with E-state index >= 15 is 4.79 Å². The summed E-state index contributed by atoms with van der Waals surface area (Å²) >= 11 is 0. The highest BCUT2D eigenvalue weighted by Gasteiger charge is 2.65. The molecule has 0 spiro atoms. The predicted octanol–water partition coefficient (Wildman–Crippen LogP) is 13.2. The summed E-state index contributed by atoms with van der Waals surface area (Å²) < 4.78 is 27.7. The molecule has 7 atom stereocenters. The van der Waals surface area contributed by atoms with Crippen molar-refractivity contribution in [3.63, 3.8) is 0 Å². The van der Waals surface area contributed by atoms with Crippen molar-refractivity contribution < 1.29 is 38.8 Å². The molecule has 0 bridgehead atoms. The summed E-state index contributed by atoms with van der Waals surface area (Å²) in [4.78, 5) is 28.8. The van der Waals surface area contributed by atoms with Crippen LogP contribution in [0.2, 0.25) is 0 Å². The van der Waals surface area contributed by atoms with Crippen LogP contribution in [0.3, 0.4) is 0 Å². The van der Waals surface area contributed by atoms with Gasteiger partial charge in [-0.15, -0.1) is 6.58 Å². The number of benzene rings is 3. The fraction of sp³-hybridized carbons (Fsp3) is 0.565. The number of pyridine rings is 1. The van der Waals surface area contributed by atoms with Gasteiger partial charge in [-0.1, -0.05) is 137 Å². The summed E-state index contributed by atoms with van der Waals surface area (Å²) in [6, 6.07) is 26.2. The number of aromatic nitrogens is 1. The van der Waals surface area contributed by atoms with Gasteiger partial charge in [0, 0.05) is 56.2 Å². The molecule has 7 unspecified atom stereocenters. The average molecular weight is 998 g/mol. The van der Waals surface area contributed by atoms with E-state index in [0.717, 1.165) is 109 Å². The lowest BCUT2D eigenvalue weighted by Gasteiger charge is -2.60. The van der Waals surface area contributed by atoms with Crippen LogP contribution in [-0.4, -0.2) is 76.3 Å². The summed E-state index contributed by atoms with van der Waals surface area (Å²) in [5.41, 5.74) is 5.62. The van der Waals surface area contributed by atoms with E-state index in [-0.39, 0.29) is 43.5 Å². The molecule has 1 aromatic heterocycles. The second-order valence-corrected chi connectivity index (χ2v) is 21.0. The van der Waals surface area contributed by atoms with Crippen molar-refractivity contribution in [2.45, 2.75) is 179 Å². The third-order valence-corrected chi connectivity index (χ3v) is 15.8. The van der Waals surface area contributed by atoms with Gasteiger partial charge < -0.3 is 38.9 Å². The highest BCUT2D eigenvalue weighted by Crippen LogP contribution is 2.62. The number of aliphatic hydroxyl groups is 2. The van der Waals surface area contributed by atoms with Crippen LogP contribution in [0.5, 0.6) is 11.5 Å². The lowest BCUT2D eigenvalue weighted by Crippen LogP contribution is -2.70. The van der Waals surface area contributed by atoms with E-state index in [0.29, 0.717) is 56.9 Å². The molecule has 2 N–H and O–H groups in total. The van der Waals surface area contributed by atoms with Crippen LogP contribution in [0.1, 0.15) is 164 Å². The molecular weight excluding hydrogens is 915 g/mol. The normalized spacial score (nSPS) is 23.8. The maximum absolute atomic E-state index is 15.6. The van der Waals surface area contributed by atoms with E-state index in [2.05, 4.69) is 73.0 Å². The van der Waals surface area contributed by atoms with E-state index in [4.69, 9.17) is 33.9 Å². The van der Waals surface area contributed by atoms with Gasteiger partial charge >= 0.3 is 0 Å². The number of aliphatic hydroxyl groups excluding tert-OH is 2. The highest BCUT2D eigenvalue weighted by molar-refractivity contribution is 6.03. The molecule has 3 aromatic carbocycles. The maximum Gasteiger partial charge on any atom is 0.239 e. The molecule has 1 saturated carbocycles. The molecule has 11 nitrogen and oxygen atoms in total. The summed E-state index contributed by atoms with van der Waals surface area (Å²) in [5, 5.41) is 27.6. The highest BCUT2D eigenvalue weighted by atomic mass is 16.8. The first-order valence-corrected chi connectivity index (χ1v) is 28.0. The molecule has 0 radical (unpaired) electrons. The summed E-state index contributed by atoms with van der Waals surface area (Å²) in [6.45, 7) is 10.1. The second-order valence-electron chi connectivity index (χ2n) is 21.0. The van der Waals surface area contributed by atoms with Gasteiger partial charge in [0.25, 0.3) is 0 Å². The van der Waals surface area contributed by atoms with Crippen molar-refractivity contribution >= 4 is 22.4 Å². The van der Waals surface area contributed by atoms with Crippen LogP contribution in [0.25, 0.3) is 10.8 Å². The molecule has 1 amide bonds. The van der Waals surface area contributed by atoms with Gasteiger partial charge in [-0.2, -0.15) is 0 Å². The van der Waals surface area contributed by atoms with E-state index in [9.17, 15) is 10.2 Å². The topological polar surface area (TPSA) is 132 Å². The van der Waals surface area contributed by atoms with Gasteiger partial charge in [0.2, 0.25) is 18.0 Å². The van der Waals surface area contributed by atoms with Crippen LogP contribution in [0.15, 0.2) is 108 Å². The summed E-state index contributed by atoms with van der Waals surface area (Å²) in [6.07, 6.45) is 22.3. The molecule has 2 aliphatic carbocycles. The number of allylic oxidation sites excluding steroid dienone is 1. The molecule has 8 rings (SSSR count). The Kier molecular flexibility index (Phi) is 20.4. The van der Waals surface area contributed by atoms with Gasteiger partial charge in [0.1, 0.15) is 24.1 Å². The number of aryl methyl sites for hydroxylation is 1. The smallest absolute Gasteiger partial charge is 0.239 e. The number of carbonyl (C=O) groups excluding carboxylic acids is 1. The van der Waals surface area contributed by atoms with Gasteiger partial charge in [0.05, 0.1) is 30.5 Å². The van der Waals surface area contributed by atoms with Gasteiger partial charge in [0.15, 0.2) is 0 Å². The number of ether oxygens (including phenoxy) is 4. The Balaban J connectivity index is 1.27. The van der Waals surface area contributed by atoms with Crippen molar-refractivity contribution in [2.75, 3.05) is 26.4 Å². The molecule has 394 valence electrons. The Morgan fingerprint density at radius 3 is 2.42 bits per heavy atom. The van der Waals surface area contributed by atoms with Crippen molar-refractivity contribution in [3.8, 4) is 11.5 Å². The number of amides is 1. The fourth-order valence-corrected chi connectivity index (χ4v) is 12.2. The number of fused-ring (bicyclic) bond motifs is 3. The molecule has 4 aliphatic rings. The number of hydrogen-bond donors (Lipinski definition) is 2. The zero-order valence-electron chi connectivity index (χ0n) is 43.9. The largest absolute Gasteiger partial charge is 0.487 e. The van der Waals surface area contributed by atoms with Crippen LogP contribution in [0.4, 0.5) is 0 Å². The molecule has 3 heterocycles. The SMILES string of the molecule is C=CCOC12Oc3ccc(OCc4cccc(C)n4)cc3C3C(CCCCO)C(CCCCO)C=C(C(=NOC4CCCCO4)CC1N(Cc1cccc4ccccc14)C(=O)CCCCCCCCCCC)C32. The molecule has 4 aromatic rings. The predicted molar refractivity (Wildman–Crippen MR) is 289 cm³/mol. The van der Waals surface area contributed by atoms with Crippen molar-refractivity contribution in [1.82, 2.24) is 9.88 Å². The molecular formula is C62H83N3O8. The fourth-order valence-electron chi connectivity index (χ4n) is 12.2. The number of oxime groups is 1. The third-order valence-electron chi connectivity index (χ3n) is 15.8. The number of hydrogen-bond acceptors (Lipinski definition) is 10. The second kappa shape index (κ2) is 27.5. The zero-order chi connectivity index (χ0) is 50.8. The first kappa shape index (κ1) is 54.2. The number of unbranched alkanes of at least 4 members (excludes halogenated alkanes) is 10. The number of nitrogens with zero attached hydrogens (tertiary/aromatic N) is 3. The Bertz CT molecular complexity index is 2440. The minimum Gasteiger partial charge on any atom is -0.487 e. The van der Waals surface area contributed by atoms with Crippen LogP contribution < -0.4 is 9.47 Å².